The molecule has 0 atom stereocenters. The van der Waals surface area contributed by atoms with E-state index in [1.54, 1.807) is 0 Å². The molecule has 4 nitrogen and oxygen atoms in total. The molecule has 0 saturated carbocycles. The van der Waals surface area contributed by atoms with Crippen LogP contribution >= 0.6 is 0 Å². The molecule has 0 aliphatic carbocycles. The Hall–Kier alpha value is -0.770. The summed E-state index contributed by atoms with van der Waals surface area (Å²) in [6.07, 6.45) is 2.42. The molecule has 2 N–H and O–H groups in total. The number of aliphatic imine (C=N–C) groups is 1. The van der Waals surface area contributed by atoms with Crippen molar-refractivity contribution in [3.05, 3.63) is 0 Å². The van der Waals surface area contributed by atoms with E-state index in [0.29, 0.717) is 0 Å². The number of nitrogens with one attached hydrogen (secondary N) is 2. The minimum atomic E-state index is 0.772. The van der Waals surface area contributed by atoms with Crippen LogP contribution in [0.5, 0.6) is 0 Å². The molecule has 0 heterocycles. The molecule has 0 aromatic carbocycles. The molecule has 0 aromatic heterocycles. The van der Waals surface area contributed by atoms with Crippen molar-refractivity contribution in [2.24, 2.45) is 10.9 Å². The fourth-order valence-corrected chi connectivity index (χ4v) is 1.56. The summed E-state index contributed by atoms with van der Waals surface area (Å²) in [6, 6.07) is 0. The molecule has 0 saturated heterocycles. The highest BCUT2D eigenvalue weighted by Gasteiger charge is 1.98. The summed E-state index contributed by atoms with van der Waals surface area (Å²) in [7, 11) is 2.13. The molecule has 0 bridgehead atoms. The van der Waals surface area contributed by atoms with Gasteiger partial charge in [0.25, 0.3) is 0 Å². The zero-order valence-corrected chi connectivity index (χ0v) is 12.9. The van der Waals surface area contributed by atoms with Crippen LogP contribution in [0, 0.1) is 5.92 Å². The summed E-state index contributed by atoms with van der Waals surface area (Å²) in [4.78, 5) is 6.87. The number of hydrogen-bond acceptors (Lipinski definition) is 2. The van der Waals surface area contributed by atoms with Crippen molar-refractivity contribution in [1.82, 2.24) is 15.5 Å². The van der Waals surface area contributed by atoms with Crippen LogP contribution in [0.15, 0.2) is 4.99 Å². The number of hydrogen-bond donors (Lipinski definition) is 2. The van der Waals surface area contributed by atoms with Gasteiger partial charge < -0.3 is 15.5 Å². The number of nitrogens with zero attached hydrogens (tertiary/aromatic N) is 2. The van der Waals surface area contributed by atoms with Gasteiger partial charge in [0, 0.05) is 26.2 Å². The standard InChI is InChI=1S/C14H32N4/c1-6-15-14(16-10-8-9-13(3)4)17-11-12-18(5)7-2/h13H,6-12H2,1-5H3,(H2,15,16,17). The molecule has 0 aliphatic rings. The van der Waals surface area contributed by atoms with Gasteiger partial charge in [0.05, 0.1) is 0 Å². The van der Waals surface area contributed by atoms with Crippen molar-refractivity contribution in [2.75, 3.05) is 39.8 Å². The molecule has 18 heavy (non-hydrogen) atoms. The summed E-state index contributed by atoms with van der Waals surface area (Å²) in [5.41, 5.74) is 0. The Kier molecular flexibility index (Phi) is 10.8. The van der Waals surface area contributed by atoms with Crippen LogP contribution < -0.4 is 10.6 Å². The largest absolute Gasteiger partial charge is 0.357 e. The predicted molar refractivity (Wildman–Crippen MR) is 81.2 cm³/mol. The Morgan fingerprint density at radius 1 is 1.22 bits per heavy atom. The second kappa shape index (κ2) is 11.3. The monoisotopic (exact) mass is 256 g/mol. The average Bonchev–Trinajstić information content (AvgIpc) is 2.33. The molecule has 0 amide bonds. The van der Waals surface area contributed by atoms with Crippen LogP contribution in [0.3, 0.4) is 0 Å². The fraction of sp³-hybridized carbons (Fsp3) is 0.929. The summed E-state index contributed by atoms with van der Waals surface area (Å²) < 4.78 is 0. The van der Waals surface area contributed by atoms with Gasteiger partial charge >= 0.3 is 0 Å². The minimum absolute atomic E-state index is 0.772. The summed E-state index contributed by atoms with van der Waals surface area (Å²) in [5, 5.41) is 6.65. The van der Waals surface area contributed by atoms with E-state index >= 15 is 0 Å². The van der Waals surface area contributed by atoms with Gasteiger partial charge in [0.1, 0.15) is 0 Å². The Balaban J connectivity index is 3.85. The van der Waals surface area contributed by atoms with Crippen LogP contribution in [0.1, 0.15) is 40.5 Å². The molecule has 0 unspecified atom stereocenters. The Morgan fingerprint density at radius 3 is 2.50 bits per heavy atom. The first kappa shape index (κ1) is 17.2. The molecule has 0 aromatic rings. The maximum absolute atomic E-state index is 4.58. The normalized spacial score (nSPS) is 12.3. The molecule has 4 heteroatoms. The zero-order valence-electron chi connectivity index (χ0n) is 12.9. The maximum Gasteiger partial charge on any atom is 0.191 e. The van der Waals surface area contributed by atoms with Gasteiger partial charge in [-0.15, -0.1) is 0 Å². The highest BCUT2D eigenvalue weighted by atomic mass is 15.2. The molecule has 0 radical (unpaired) electrons. The van der Waals surface area contributed by atoms with Crippen LogP contribution in [0.25, 0.3) is 0 Å². The zero-order chi connectivity index (χ0) is 13.8. The Labute approximate surface area is 113 Å². The van der Waals surface area contributed by atoms with E-state index in [9.17, 15) is 0 Å². The van der Waals surface area contributed by atoms with E-state index in [2.05, 4.69) is 55.3 Å². The second-order valence-corrected chi connectivity index (χ2v) is 5.12. The van der Waals surface area contributed by atoms with Gasteiger partial charge in [-0.2, -0.15) is 0 Å². The van der Waals surface area contributed by atoms with Gasteiger partial charge in [-0.3, -0.25) is 4.99 Å². The average molecular weight is 256 g/mol. The first-order valence-corrected chi connectivity index (χ1v) is 7.30. The number of likely N-dealkylation sites (N-methyl/N-ethyl adjacent to an activating group) is 1. The van der Waals surface area contributed by atoms with Crippen LogP contribution in [-0.2, 0) is 0 Å². The van der Waals surface area contributed by atoms with E-state index in [1.165, 1.54) is 12.8 Å². The fourth-order valence-electron chi connectivity index (χ4n) is 1.56. The van der Waals surface area contributed by atoms with Crippen molar-refractivity contribution in [3.8, 4) is 0 Å². The first-order chi connectivity index (χ1) is 8.60. The third-order valence-corrected chi connectivity index (χ3v) is 2.88. The number of guanidine groups is 1. The maximum atomic E-state index is 4.58. The van der Waals surface area contributed by atoms with Crippen molar-refractivity contribution in [2.45, 2.75) is 40.5 Å². The highest BCUT2D eigenvalue weighted by molar-refractivity contribution is 5.79. The van der Waals surface area contributed by atoms with Crippen molar-refractivity contribution < 1.29 is 0 Å². The lowest BCUT2D eigenvalue weighted by Gasteiger charge is -2.16. The highest BCUT2D eigenvalue weighted by Crippen LogP contribution is 2.02. The van der Waals surface area contributed by atoms with Gasteiger partial charge in [-0.05, 0) is 39.3 Å². The van der Waals surface area contributed by atoms with Crippen molar-refractivity contribution >= 4 is 5.96 Å². The SMILES string of the molecule is CCNC(=NCCCC(C)C)NCCN(C)CC. The van der Waals surface area contributed by atoms with Crippen molar-refractivity contribution in [3.63, 3.8) is 0 Å². The first-order valence-electron chi connectivity index (χ1n) is 7.30. The van der Waals surface area contributed by atoms with Crippen LogP contribution in [0.4, 0.5) is 0 Å². The van der Waals surface area contributed by atoms with E-state index in [4.69, 9.17) is 0 Å². The van der Waals surface area contributed by atoms with Gasteiger partial charge in [-0.1, -0.05) is 20.8 Å². The molecular formula is C14H32N4. The third kappa shape index (κ3) is 10.4. The van der Waals surface area contributed by atoms with E-state index in [-0.39, 0.29) is 0 Å². The van der Waals surface area contributed by atoms with Crippen LogP contribution in [-0.4, -0.2) is 50.6 Å². The smallest absolute Gasteiger partial charge is 0.191 e. The Bertz CT molecular complexity index is 214. The van der Waals surface area contributed by atoms with Crippen LogP contribution in [0.2, 0.25) is 0 Å². The molecule has 0 aliphatic heterocycles. The molecule has 0 spiro atoms. The second-order valence-electron chi connectivity index (χ2n) is 5.12. The lowest BCUT2D eigenvalue weighted by Crippen LogP contribution is -2.41. The quantitative estimate of drug-likeness (QED) is 0.376. The van der Waals surface area contributed by atoms with Gasteiger partial charge in [-0.25, -0.2) is 0 Å². The van der Waals surface area contributed by atoms with Gasteiger partial charge in [0.15, 0.2) is 5.96 Å². The van der Waals surface area contributed by atoms with Crippen molar-refractivity contribution in [1.29, 1.82) is 0 Å². The minimum Gasteiger partial charge on any atom is -0.357 e. The molecule has 0 rings (SSSR count). The summed E-state index contributed by atoms with van der Waals surface area (Å²) in [5.74, 6) is 1.72. The number of rotatable bonds is 9. The van der Waals surface area contributed by atoms with E-state index in [0.717, 1.165) is 44.6 Å². The predicted octanol–water partition coefficient (Wildman–Crippen LogP) is 1.93. The lowest BCUT2D eigenvalue weighted by molar-refractivity contribution is 0.357. The summed E-state index contributed by atoms with van der Waals surface area (Å²) in [6.45, 7) is 13.7. The molecule has 108 valence electrons. The lowest BCUT2D eigenvalue weighted by atomic mass is 10.1. The molecular weight excluding hydrogens is 224 g/mol. The van der Waals surface area contributed by atoms with E-state index in [1.807, 2.05) is 0 Å². The van der Waals surface area contributed by atoms with Gasteiger partial charge in [0.2, 0.25) is 0 Å². The van der Waals surface area contributed by atoms with E-state index < -0.39 is 0 Å². The Morgan fingerprint density at radius 2 is 1.94 bits per heavy atom. The molecule has 0 fully saturated rings. The summed E-state index contributed by atoms with van der Waals surface area (Å²) >= 11 is 0. The topological polar surface area (TPSA) is 39.7 Å². The third-order valence-electron chi connectivity index (χ3n) is 2.88.